The summed E-state index contributed by atoms with van der Waals surface area (Å²) in [6.07, 6.45) is 3.22. The van der Waals surface area contributed by atoms with Crippen molar-refractivity contribution in [2.75, 3.05) is 5.32 Å². The Kier molecular flexibility index (Phi) is 4.16. The average molecular weight is 280 g/mol. The molecule has 0 unspecified atom stereocenters. The highest BCUT2D eigenvalue weighted by atomic mass is 35.5. The van der Waals surface area contributed by atoms with Gasteiger partial charge in [-0.25, -0.2) is 0 Å². The summed E-state index contributed by atoms with van der Waals surface area (Å²) in [6.45, 7) is 4.34. The van der Waals surface area contributed by atoms with Crippen LogP contribution in [0, 0.1) is 12.8 Å². The zero-order valence-electron chi connectivity index (χ0n) is 10.9. The Bertz CT molecular complexity index is 568. The standard InChI is InChI=1S/C13H15ClN4O/c1-9-3-4-11(14)5-12(9)17-13(19)10(2)6-18-8-15-7-16-18/h3-5,7-8,10H,6H2,1-2H3,(H,17,19)/p+1/t10-/m1/s1. The lowest BCUT2D eigenvalue weighted by atomic mass is 10.1. The van der Waals surface area contributed by atoms with Crippen molar-refractivity contribution in [2.24, 2.45) is 5.92 Å². The van der Waals surface area contributed by atoms with Gasteiger partial charge in [-0.3, -0.25) is 4.79 Å². The minimum atomic E-state index is -0.177. The summed E-state index contributed by atoms with van der Waals surface area (Å²) in [7, 11) is 0. The van der Waals surface area contributed by atoms with Crippen LogP contribution in [0.3, 0.4) is 0 Å². The lowest BCUT2D eigenvalue weighted by Gasteiger charge is -2.12. The van der Waals surface area contributed by atoms with E-state index >= 15 is 0 Å². The van der Waals surface area contributed by atoms with Crippen LogP contribution < -0.4 is 10.00 Å². The number of aromatic nitrogens is 3. The fourth-order valence-corrected chi connectivity index (χ4v) is 1.89. The largest absolute Gasteiger partial charge is 0.325 e. The molecule has 1 atom stereocenters. The third-order valence-electron chi connectivity index (χ3n) is 2.88. The van der Waals surface area contributed by atoms with E-state index in [2.05, 4.69) is 15.4 Å². The number of carbonyl (C=O) groups excluding carboxylic acids is 1. The Balaban J connectivity index is 2.02. The monoisotopic (exact) mass is 279 g/mol. The van der Waals surface area contributed by atoms with Crippen LogP contribution in [0.25, 0.3) is 0 Å². The predicted molar refractivity (Wildman–Crippen MR) is 72.8 cm³/mol. The van der Waals surface area contributed by atoms with E-state index in [4.69, 9.17) is 11.6 Å². The predicted octanol–water partition coefficient (Wildman–Crippen LogP) is 1.93. The third-order valence-corrected chi connectivity index (χ3v) is 3.11. The van der Waals surface area contributed by atoms with Crippen LogP contribution in [0.15, 0.2) is 30.9 Å². The quantitative estimate of drug-likeness (QED) is 0.840. The normalized spacial score (nSPS) is 12.2. The van der Waals surface area contributed by atoms with E-state index in [-0.39, 0.29) is 11.8 Å². The van der Waals surface area contributed by atoms with E-state index in [9.17, 15) is 4.79 Å². The van der Waals surface area contributed by atoms with E-state index in [0.29, 0.717) is 11.6 Å². The number of halogens is 1. The van der Waals surface area contributed by atoms with E-state index in [1.54, 1.807) is 29.5 Å². The number of rotatable bonds is 4. The molecule has 100 valence electrons. The smallest absolute Gasteiger partial charge is 0.306 e. The van der Waals surface area contributed by atoms with Gasteiger partial charge in [0, 0.05) is 10.7 Å². The molecule has 0 aliphatic rings. The van der Waals surface area contributed by atoms with Gasteiger partial charge in [-0.1, -0.05) is 17.7 Å². The van der Waals surface area contributed by atoms with Gasteiger partial charge in [-0.2, -0.15) is 9.78 Å². The van der Waals surface area contributed by atoms with Crippen molar-refractivity contribution in [2.45, 2.75) is 20.4 Å². The molecule has 0 aliphatic carbocycles. The van der Waals surface area contributed by atoms with Crippen molar-refractivity contribution >= 4 is 23.2 Å². The van der Waals surface area contributed by atoms with E-state index in [0.717, 1.165) is 11.3 Å². The first-order valence-electron chi connectivity index (χ1n) is 6.01. The SMILES string of the molecule is Cc1ccc(Cl)cc1NC(=O)[C@H](C)C[n+]1cnc[nH]1. The van der Waals surface area contributed by atoms with Crippen LogP contribution in [0.5, 0.6) is 0 Å². The van der Waals surface area contributed by atoms with Crippen LogP contribution >= 0.6 is 11.6 Å². The first-order chi connectivity index (χ1) is 9.06. The van der Waals surface area contributed by atoms with Crippen LogP contribution in [0.2, 0.25) is 5.02 Å². The number of amides is 1. The number of H-pyrrole nitrogens is 1. The minimum Gasteiger partial charge on any atom is -0.325 e. The number of hydrogen-bond donors (Lipinski definition) is 2. The molecule has 2 rings (SSSR count). The highest BCUT2D eigenvalue weighted by Crippen LogP contribution is 2.20. The summed E-state index contributed by atoms with van der Waals surface area (Å²) in [5.74, 6) is -0.226. The molecule has 0 spiro atoms. The van der Waals surface area contributed by atoms with Crippen LogP contribution in [-0.2, 0) is 11.3 Å². The van der Waals surface area contributed by atoms with Gasteiger partial charge in [0.2, 0.25) is 12.2 Å². The molecule has 0 radical (unpaired) electrons. The number of anilines is 1. The van der Waals surface area contributed by atoms with Crippen molar-refractivity contribution in [1.82, 2.24) is 10.1 Å². The fraction of sp³-hybridized carbons (Fsp3) is 0.308. The first-order valence-corrected chi connectivity index (χ1v) is 6.39. The molecule has 1 aromatic carbocycles. The Labute approximate surface area is 116 Å². The lowest BCUT2D eigenvalue weighted by molar-refractivity contribution is -0.754. The van der Waals surface area contributed by atoms with Gasteiger partial charge < -0.3 is 5.32 Å². The molecule has 1 aromatic heterocycles. The average Bonchev–Trinajstić information content (AvgIpc) is 2.86. The number of benzene rings is 1. The Morgan fingerprint density at radius 1 is 1.58 bits per heavy atom. The molecule has 19 heavy (non-hydrogen) atoms. The van der Waals surface area contributed by atoms with Gasteiger partial charge in [0.1, 0.15) is 6.54 Å². The van der Waals surface area contributed by atoms with E-state index in [1.807, 2.05) is 19.9 Å². The molecule has 0 saturated carbocycles. The molecule has 0 fully saturated rings. The molecule has 0 aliphatic heterocycles. The molecule has 1 amide bonds. The van der Waals surface area contributed by atoms with Crippen LogP contribution in [0.1, 0.15) is 12.5 Å². The number of nitrogens with one attached hydrogen (secondary N) is 2. The van der Waals surface area contributed by atoms with E-state index < -0.39 is 0 Å². The Morgan fingerprint density at radius 3 is 3.05 bits per heavy atom. The summed E-state index contributed by atoms with van der Waals surface area (Å²) in [6, 6.07) is 5.44. The van der Waals surface area contributed by atoms with Gasteiger partial charge in [-0.05, 0) is 36.5 Å². The molecule has 0 saturated heterocycles. The molecule has 2 N–H and O–H groups in total. The summed E-state index contributed by atoms with van der Waals surface area (Å²) in [4.78, 5) is 16.0. The third kappa shape index (κ3) is 3.54. The van der Waals surface area contributed by atoms with Gasteiger partial charge in [0.15, 0.2) is 0 Å². The lowest BCUT2D eigenvalue weighted by Crippen LogP contribution is -2.41. The summed E-state index contributed by atoms with van der Waals surface area (Å²) in [5, 5.41) is 6.41. The van der Waals surface area contributed by atoms with Gasteiger partial charge in [0.25, 0.3) is 0 Å². The molecule has 1 heterocycles. The maximum absolute atomic E-state index is 12.1. The Hall–Kier alpha value is -1.88. The Morgan fingerprint density at radius 2 is 2.37 bits per heavy atom. The van der Waals surface area contributed by atoms with Crippen LogP contribution in [0.4, 0.5) is 5.69 Å². The van der Waals surface area contributed by atoms with Crippen LogP contribution in [-0.4, -0.2) is 16.0 Å². The number of hydrogen-bond acceptors (Lipinski definition) is 2. The van der Waals surface area contributed by atoms with Crippen molar-refractivity contribution in [3.63, 3.8) is 0 Å². The molecule has 5 nitrogen and oxygen atoms in total. The molecule has 2 aromatic rings. The van der Waals surface area contributed by atoms with Crippen molar-refractivity contribution in [1.29, 1.82) is 0 Å². The number of nitrogens with zero attached hydrogens (tertiary/aromatic N) is 2. The maximum atomic E-state index is 12.1. The molecule has 6 heteroatoms. The summed E-state index contributed by atoms with van der Waals surface area (Å²) in [5.41, 5.74) is 1.73. The zero-order chi connectivity index (χ0) is 13.8. The number of carbonyl (C=O) groups is 1. The van der Waals surface area contributed by atoms with Gasteiger partial charge in [-0.15, -0.1) is 0 Å². The van der Waals surface area contributed by atoms with Crippen molar-refractivity contribution < 1.29 is 9.48 Å². The zero-order valence-corrected chi connectivity index (χ0v) is 11.6. The minimum absolute atomic E-state index is 0.0486. The summed E-state index contributed by atoms with van der Waals surface area (Å²) >= 11 is 5.93. The number of aromatic amines is 1. The fourth-order valence-electron chi connectivity index (χ4n) is 1.72. The second-order valence-electron chi connectivity index (χ2n) is 4.52. The molecular formula is C13H16ClN4O+. The van der Waals surface area contributed by atoms with Crippen molar-refractivity contribution in [3.8, 4) is 0 Å². The van der Waals surface area contributed by atoms with Gasteiger partial charge >= 0.3 is 6.33 Å². The molecule has 0 bridgehead atoms. The van der Waals surface area contributed by atoms with Crippen molar-refractivity contribution in [3.05, 3.63) is 41.4 Å². The summed E-state index contributed by atoms with van der Waals surface area (Å²) < 4.78 is 1.76. The topological polar surface area (TPSA) is 61.7 Å². The highest BCUT2D eigenvalue weighted by Gasteiger charge is 2.17. The second kappa shape index (κ2) is 5.84. The van der Waals surface area contributed by atoms with E-state index in [1.165, 1.54) is 0 Å². The molecular weight excluding hydrogens is 264 g/mol. The second-order valence-corrected chi connectivity index (χ2v) is 4.96. The number of aryl methyl sites for hydroxylation is 1. The highest BCUT2D eigenvalue weighted by molar-refractivity contribution is 6.31. The van der Waals surface area contributed by atoms with Gasteiger partial charge in [0.05, 0.1) is 5.92 Å². The first kappa shape index (κ1) is 13.5. The maximum Gasteiger partial charge on any atom is 0.306 e.